The van der Waals surface area contributed by atoms with Gasteiger partial charge in [-0.25, -0.2) is 0 Å². The van der Waals surface area contributed by atoms with Crippen LogP contribution in [0, 0.1) is 5.41 Å². The molecule has 1 aromatic carbocycles. The molecule has 0 atom stereocenters. The number of rotatable bonds is 6. The minimum Gasteiger partial charge on any atom is -0.384 e. The number of hydrogen-bond donors (Lipinski definition) is 3. The summed E-state index contributed by atoms with van der Waals surface area (Å²) in [7, 11) is -2.09. The molecule has 0 aliphatic heterocycles. The predicted octanol–water partition coefficient (Wildman–Crippen LogP) is 0.651. The minimum atomic E-state index is -3.55. The Morgan fingerprint density at radius 3 is 2.72 bits per heavy atom. The second-order valence-electron chi connectivity index (χ2n) is 3.83. The van der Waals surface area contributed by atoms with E-state index in [9.17, 15) is 8.42 Å². The molecule has 0 heterocycles. The zero-order valence-corrected chi connectivity index (χ0v) is 11.3. The summed E-state index contributed by atoms with van der Waals surface area (Å²) in [5, 5.41) is 7.33. The highest BCUT2D eigenvalue weighted by molar-refractivity contribution is 7.90. The third kappa shape index (κ3) is 3.44. The molecule has 7 heteroatoms. The van der Waals surface area contributed by atoms with Crippen molar-refractivity contribution >= 4 is 21.7 Å². The Morgan fingerprint density at radius 2 is 2.17 bits per heavy atom. The van der Waals surface area contributed by atoms with Crippen molar-refractivity contribution in [1.82, 2.24) is 4.72 Å². The van der Waals surface area contributed by atoms with Gasteiger partial charge in [0.25, 0.3) is 0 Å². The van der Waals surface area contributed by atoms with Crippen LogP contribution in [0.1, 0.15) is 18.9 Å². The smallest absolute Gasteiger partial charge is 0.301 e. The van der Waals surface area contributed by atoms with E-state index in [-0.39, 0.29) is 5.84 Å². The van der Waals surface area contributed by atoms with Gasteiger partial charge in [-0.3, -0.25) is 9.71 Å². The highest BCUT2D eigenvalue weighted by Gasteiger charge is 2.17. The SMILES string of the molecule is CCCNS(=O)(=O)N(C)c1cccc(C(=N)N)c1. The van der Waals surface area contributed by atoms with Gasteiger partial charge in [-0.1, -0.05) is 19.1 Å². The monoisotopic (exact) mass is 270 g/mol. The molecule has 1 aromatic rings. The minimum absolute atomic E-state index is 0.0934. The Kier molecular flexibility index (Phi) is 4.69. The van der Waals surface area contributed by atoms with Crippen LogP contribution >= 0.6 is 0 Å². The fourth-order valence-electron chi connectivity index (χ4n) is 1.34. The Balaban J connectivity index is 3.00. The fraction of sp³-hybridized carbons (Fsp3) is 0.364. The van der Waals surface area contributed by atoms with E-state index in [4.69, 9.17) is 11.1 Å². The molecule has 0 aromatic heterocycles. The second kappa shape index (κ2) is 5.83. The lowest BCUT2D eigenvalue weighted by atomic mass is 10.2. The lowest BCUT2D eigenvalue weighted by Gasteiger charge is -2.20. The van der Waals surface area contributed by atoms with Crippen molar-refractivity contribution in [2.75, 3.05) is 17.9 Å². The van der Waals surface area contributed by atoms with E-state index in [0.717, 1.165) is 10.7 Å². The highest BCUT2D eigenvalue weighted by atomic mass is 32.2. The molecule has 0 radical (unpaired) electrons. The van der Waals surface area contributed by atoms with Crippen LogP contribution < -0.4 is 14.8 Å². The lowest BCUT2D eigenvalue weighted by Crippen LogP contribution is -2.38. The van der Waals surface area contributed by atoms with Crippen molar-refractivity contribution in [2.45, 2.75) is 13.3 Å². The van der Waals surface area contributed by atoms with Crippen LogP contribution in [0.15, 0.2) is 24.3 Å². The van der Waals surface area contributed by atoms with Gasteiger partial charge in [0, 0.05) is 19.2 Å². The molecule has 4 N–H and O–H groups in total. The van der Waals surface area contributed by atoms with E-state index in [0.29, 0.717) is 17.8 Å². The van der Waals surface area contributed by atoms with Crippen molar-refractivity contribution < 1.29 is 8.42 Å². The maximum Gasteiger partial charge on any atom is 0.301 e. The number of nitrogens with zero attached hydrogens (tertiary/aromatic N) is 1. The van der Waals surface area contributed by atoms with Crippen LogP contribution in [0.3, 0.4) is 0 Å². The summed E-state index contributed by atoms with van der Waals surface area (Å²) in [5.41, 5.74) is 6.33. The summed E-state index contributed by atoms with van der Waals surface area (Å²) in [6, 6.07) is 6.54. The largest absolute Gasteiger partial charge is 0.384 e. The van der Waals surface area contributed by atoms with E-state index in [2.05, 4.69) is 4.72 Å². The summed E-state index contributed by atoms with van der Waals surface area (Å²) < 4.78 is 27.4. The van der Waals surface area contributed by atoms with E-state index >= 15 is 0 Å². The average Bonchev–Trinajstić information content (AvgIpc) is 2.35. The molecular weight excluding hydrogens is 252 g/mol. The van der Waals surface area contributed by atoms with Crippen molar-refractivity contribution in [1.29, 1.82) is 5.41 Å². The van der Waals surface area contributed by atoms with E-state index in [1.165, 1.54) is 7.05 Å². The molecule has 0 aliphatic rings. The molecule has 0 unspecified atom stereocenters. The Labute approximate surface area is 107 Å². The van der Waals surface area contributed by atoms with Gasteiger partial charge in [0.05, 0.1) is 5.69 Å². The third-order valence-corrected chi connectivity index (χ3v) is 3.92. The summed E-state index contributed by atoms with van der Waals surface area (Å²) in [6.07, 6.45) is 0.723. The standard InChI is InChI=1S/C11H18N4O2S/c1-3-7-14-18(16,17)15(2)10-6-4-5-9(8-10)11(12)13/h4-6,8,14H,3,7H2,1-2H3,(H3,12,13). The van der Waals surface area contributed by atoms with Gasteiger partial charge in [-0.05, 0) is 18.6 Å². The molecule has 0 saturated heterocycles. The molecule has 0 amide bonds. The van der Waals surface area contributed by atoms with Gasteiger partial charge in [0.15, 0.2) is 0 Å². The van der Waals surface area contributed by atoms with Crippen molar-refractivity contribution in [3.8, 4) is 0 Å². The highest BCUT2D eigenvalue weighted by Crippen LogP contribution is 2.16. The number of hydrogen-bond acceptors (Lipinski definition) is 3. The van der Waals surface area contributed by atoms with E-state index in [1.807, 2.05) is 6.92 Å². The third-order valence-electron chi connectivity index (χ3n) is 2.42. The summed E-state index contributed by atoms with van der Waals surface area (Å²) in [5.74, 6) is -0.0934. The maximum atomic E-state index is 11.9. The molecule has 18 heavy (non-hydrogen) atoms. The van der Waals surface area contributed by atoms with E-state index in [1.54, 1.807) is 24.3 Å². The first-order valence-electron chi connectivity index (χ1n) is 5.56. The van der Waals surface area contributed by atoms with Gasteiger partial charge in [-0.15, -0.1) is 0 Å². The second-order valence-corrected chi connectivity index (χ2v) is 5.62. The van der Waals surface area contributed by atoms with E-state index < -0.39 is 10.2 Å². The summed E-state index contributed by atoms with van der Waals surface area (Å²) in [4.78, 5) is 0. The first-order valence-corrected chi connectivity index (χ1v) is 7.00. The molecular formula is C11H18N4O2S. The van der Waals surface area contributed by atoms with Crippen LogP contribution in [0.25, 0.3) is 0 Å². The van der Waals surface area contributed by atoms with Crippen LogP contribution in [0.5, 0.6) is 0 Å². The molecule has 100 valence electrons. The van der Waals surface area contributed by atoms with Gasteiger partial charge in [0.2, 0.25) is 0 Å². The van der Waals surface area contributed by atoms with Gasteiger partial charge >= 0.3 is 10.2 Å². The van der Waals surface area contributed by atoms with Crippen LogP contribution in [0.4, 0.5) is 5.69 Å². The molecule has 1 rings (SSSR count). The molecule has 0 spiro atoms. The Hall–Kier alpha value is -1.60. The van der Waals surface area contributed by atoms with Crippen LogP contribution in [-0.2, 0) is 10.2 Å². The Bertz CT molecular complexity index is 528. The molecule has 0 aliphatic carbocycles. The number of benzene rings is 1. The molecule has 6 nitrogen and oxygen atoms in total. The first kappa shape index (κ1) is 14.5. The number of nitrogens with two attached hydrogens (primary N) is 1. The number of amidine groups is 1. The first-order chi connectivity index (χ1) is 8.38. The van der Waals surface area contributed by atoms with Crippen molar-refractivity contribution in [3.63, 3.8) is 0 Å². The van der Waals surface area contributed by atoms with Gasteiger partial charge in [0.1, 0.15) is 5.84 Å². The summed E-state index contributed by atoms with van der Waals surface area (Å²) in [6.45, 7) is 2.28. The average molecular weight is 270 g/mol. The normalized spacial score (nSPS) is 11.2. The van der Waals surface area contributed by atoms with Crippen molar-refractivity contribution in [2.24, 2.45) is 5.73 Å². The topological polar surface area (TPSA) is 99.3 Å². The summed E-state index contributed by atoms with van der Waals surface area (Å²) >= 11 is 0. The van der Waals surface area contributed by atoms with Gasteiger partial charge < -0.3 is 5.73 Å². The zero-order chi connectivity index (χ0) is 13.8. The molecule has 0 saturated carbocycles. The van der Waals surface area contributed by atoms with Crippen LogP contribution in [-0.4, -0.2) is 27.8 Å². The van der Waals surface area contributed by atoms with Crippen molar-refractivity contribution in [3.05, 3.63) is 29.8 Å². The number of nitrogen functional groups attached to an aromatic ring is 1. The molecule has 0 fully saturated rings. The maximum absolute atomic E-state index is 11.9. The predicted molar refractivity (Wildman–Crippen MR) is 73.1 cm³/mol. The zero-order valence-electron chi connectivity index (χ0n) is 10.5. The number of nitrogens with one attached hydrogen (secondary N) is 2. The molecule has 0 bridgehead atoms. The van der Waals surface area contributed by atoms with Crippen LogP contribution in [0.2, 0.25) is 0 Å². The Morgan fingerprint density at radius 1 is 1.50 bits per heavy atom. The lowest BCUT2D eigenvalue weighted by molar-refractivity contribution is 0.579. The number of anilines is 1. The fourth-order valence-corrected chi connectivity index (χ4v) is 2.38. The quantitative estimate of drug-likeness (QED) is 0.522. The van der Waals surface area contributed by atoms with Gasteiger partial charge in [-0.2, -0.15) is 13.1 Å².